The molecule has 1 aliphatic rings. The van der Waals surface area contributed by atoms with Crippen LogP contribution in [0.5, 0.6) is 5.75 Å². The van der Waals surface area contributed by atoms with Crippen LogP contribution in [0.15, 0.2) is 18.2 Å². The Labute approximate surface area is 132 Å². The molecule has 0 aliphatic heterocycles. The highest BCUT2D eigenvalue weighted by molar-refractivity contribution is 5.75. The third-order valence-corrected chi connectivity index (χ3v) is 3.91. The van der Waals surface area contributed by atoms with Gasteiger partial charge in [0.25, 0.3) is 0 Å². The summed E-state index contributed by atoms with van der Waals surface area (Å²) in [6, 6.07) is 6.15. The lowest BCUT2D eigenvalue weighted by atomic mass is 9.92. The molecule has 1 aromatic rings. The van der Waals surface area contributed by atoms with Crippen molar-refractivity contribution in [3.8, 4) is 5.75 Å². The summed E-state index contributed by atoms with van der Waals surface area (Å²) in [5, 5.41) is 0. The molecule has 1 atom stereocenters. The normalized spacial score (nSPS) is 15.0. The zero-order chi connectivity index (χ0) is 15.8. The van der Waals surface area contributed by atoms with Gasteiger partial charge in [-0.1, -0.05) is 13.0 Å². The van der Waals surface area contributed by atoms with Crippen LogP contribution in [0.2, 0.25) is 0 Å². The van der Waals surface area contributed by atoms with E-state index in [2.05, 4.69) is 12.1 Å². The number of fused-ring (bicyclic) bond motifs is 1. The Hall–Kier alpha value is -1.55. The van der Waals surface area contributed by atoms with Crippen molar-refractivity contribution >= 4 is 5.97 Å². The second-order valence-electron chi connectivity index (χ2n) is 5.52. The maximum absolute atomic E-state index is 12.0. The summed E-state index contributed by atoms with van der Waals surface area (Å²) in [7, 11) is 0. The number of aryl methyl sites for hydroxylation is 2. The van der Waals surface area contributed by atoms with Gasteiger partial charge in [-0.05, 0) is 62.3 Å². The van der Waals surface area contributed by atoms with Gasteiger partial charge in [-0.2, -0.15) is 0 Å². The van der Waals surface area contributed by atoms with E-state index in [9.17, 15) is 4.79 Å². The zero-order valence-electron chi connectivity index (χ0n) is 13.6. The van der Waals surface area contributed by atoms with Crippen LogP contribution in [-0.4, -0.2) is 31.9 Å². The van der Waals surface area contributed by atoms with E-state index in [0.717, 1.165) is 18.6 Å². The van der Waals surface area contributed by atoms with Gasteiger partial charge in [0.2, 0.25) is 0 Å². The Morgan fingerprint density at radius 1 is 1.14 bits per heavy atom. The minimum Gasteiger partial charge on any atom is -0.479 e. The molecule has 4 nitrogen and oxygen atoms in total. The molecule has 0 fully saturated rings. The van der Waals surface area contributed by atoms with E-state index in [1.807, 2.05) is 19.9 Å². The molecule has 0 saturated heterocycles. The maximum atomic E-state index is 12.0. The van der Waals surface area contributed by atoms with Gasteiger partial charge in [-0.25, -0.2) is 4.79 Å². The van der Waals surface area contributed by atoms with Gasteiger partial charge in [-0.3, -0.25) is 0 Å². The van der Waals surface area contributed by atoms with E-state index < -0.39 is 6.10 Å². The number of hydrogen-bond acceptors (Lipinski definition) is 4. The summed E-state index contributed by atoms with van der Waals surface area (Å²) in [4.78, 5) is 12.0. The third-order valence-electron chi connectivity index (χ3n) is 3.91. The van der Waals surface area contributed by atoms with Crippen molar-refractivity contribution in [3.63, 3.8) is 0 Å². The standard InChI is InChI=1S/C18H26O4/c1-3-17(18(19)21-12-11-20-4-2)22-16-10-9-14-7-5-6-8-15(14)13-16/h9-10,13,17H,3-8,11-12H2,1-2H3. The number of carbonyl (C=O) groups is 1. The van der Waals surface area contributed by atoms with E-state index in [0.29, 0.717) is 19.6 Å². The average molecular weight is 306 g/mol. The van der Waals surface area contributed by atoms with E-state index in [1.165, 1.54) is 24.0 Å². The van der Waals surface area contributed by atoms with Crippen LogP contribution in [0.25, 0.3) is 0 Å². The van der Waals surface area contributed by atoms with Crippen LogP contribution >= 0.6 is 0 Å². The fraction of sp³-hybridized carbons (Fsp3) is 0.611. The van der Waals surface area contributed by atoms with Crippen LogP contribution in [0.3, 0.4) is 0 Å². The highest BCUT2D eigenvalue weighted by atomic mass is 16.6. The van der Waals surface area contributed by atoms with Gasteiger partial charge < -0.3 is 14.2 Å². The van der Waals surface area contributed by atoms with Crippen molar-refractivity contribution in [2.75, 3.05) is 19.8 Å². The largest absolute Gasteiger partial charge is 0.479 e. The minimum atomic E-state index is -0.553. The fourth-order valence-corrected chi connectivity index (χ4v) is 2.68. The van der Waals surface area contributed by atoms with E-state index in [1.54, 1.807) is 0 Å². The molecule has 1 aliphatic carbocycles. The summed E-state index contributed by atoms with van der Waals surface area (Å²) in [5.74, 6) is 0.439. The Morgan fingerprint density at radius 3 is 2.64 bits per heavy atom. The number of rotatable bonds is 8. The number of ether oxygens (including phenoxy) is 3. The highest BCUT2D eigenvalue weighted by Gasteiger charge is 2.20. The van der Waals surface area contributed by atoms with E-state index in [-0.39, 0.29) is 12.6 Å². The average Bonchev–Trinajstić information content (AvgIpc) is 2.56. The first kappa shape index (κ1) is 16.8. The molecule has 1 unspecified atom stereocenters. The lowest BCUT2D eigenvalue weighted by Crippen LogP contribution is -2.29. The summed E-state index contributed by atoms with van der Waals surface area (Å²) < 4.78 is 16.2. The van der Waals surface area contributed by atoms with E-state index >= 15 is 0 Å². The SMILES string of the molecule is CCOCCOC(=O)C(CC)Oc1ccc2c(c1)CCCC2. The van der Waals surface area contributed by atoms with Gasteiger partial charge in [0, 0.05) is 6.61 Å². The summed E-state index contributed by atoms with van der Waals surface area (Å²) in [6.45, 7) is 5.16. The molecule has 0 radical (unpaired) electrons. The molecule has 0 bridgehead atoms. The Kier molecular flexibility index (Phi) is 6.72. The van der Waals surface area contributed by atoms with Crippen molar-refractivity contribution in [1.29, 1.82) is 0 Å². The molecule has 0 aromatic heterocycles. The summed E-state index contributed by atoms with van der Waals surface area (Å²) in [5.41, 5.74) is 2.76. The van der Waals surface area contributed by atoms with Crippen molar-refractivity contribution in [1.82, 2.24) is 0 Å². The third kappa shape index (κ3) is 4.73. The van der Waals surface area contributed by atoms with Crippen molar-refractivity contribution < 1.29 is 19.0 Å². The first-order chi connectivity index (χ1) is 10.7. The molecule has 0 spiro atoms. The Balaban J connectivity index is 1.90. The van der Waals surface area contributed by atoms with Gasteiger partial charge in [0.05, 0.1) is 6.61 Å². The Bertz CT molecular complexity index is 484. The molecule has 4 heteroatoms. The van der Waals surface area contributed by atoms with Crippen LogP contribution in [0, 0.1) is 0 Å². The molecule has 0 heterocycles. The lowest BCUT2D eigenvalue weighted by Gasteiger charge is -2.20. The lowest BCUT2D eigenvalue weighted by molar-refractivity contribution is -0.153. The second-order valence-corrected chi connectivity index (χ2v) is 5.52. The van der Waals surface area contributed by atoms with Crippen LogP contribution in [-0.2, 0) is 27.1 Å². The number of hydrogen-bond donors (Lipinski definition) is 0. The van der Waals surface area contributed by atoms with Gasteiger partial charge in [0.1, 0.15) is 12.4 Å². The molecule has 22 heavy (non-hydrogen) atoms. The molecule has 1 aromatic carbocycles. The summed E-state index contributed by atoms with van der Waals surface area (Å²) >= 11 is 0. The zero-order valence-corrected chi connectivity index (χ0v) is 13.6. The van der Waals surface area contributed by atoms with Crippen LogP contribution < -0.4 is 4.74 Å². The smallest absolute Gasteiger partial charge is 0.347 e. The fourth-order valence-electron chi connectivity index (χ4n) is 2.68. The maximum Gasteiger partial charge on any atom is 0.347 e. The predicted molar refractivity (Wildman–Crippen MR) is 85.2 cm³/mol. The molecule has 2 rings (SSSR count). The first-order valence-electron chi connectivity index (χ1n) is 8.27. The number of carbonyl (C=O) groups excluding carboxylic acids is 1. The Morgan fingerprint density at radius 2 is 1.91 bits per heavy atom. The quantitative estimate of drug-likeness (QED) is 0.546. The molecule has 0 amide bonds. The van der Waals surface area contributed by atoms with Gasteiger partial charge in [-0.15, -0.1) is 0 Å². The monoisotopic (exact) mass is 306 g/mol. The van der Waals surface area contributed by atoms with Crippen LogP contribution in [0.1, 0.15) is 44.2 Å². The highest BCUT2D eigenvalue weighted by Crippen LogP contribution is 2.26. The molecule has 0 saturated carbocycles. The van der Waals surface area contributed by atoms with Crippen molar-refractivity contribution in [2.45, 2.75) is 52.1 Å². The van der Waals surface area contributed by atoms with Crippen LogP contribution in [0.4, 0.5) is 0 Å². The molecular formula is C18H26O4. The van der Waals surface area contributed by atoms with Crippen molar-refractivity contribution in [3.05, 3.63) is 29.3 Å². The van der Waals surface area contributed by atoms with Gasteiger partial charge in [0.15, 0.2) is 6.10 Å². The minimum absolute atomic E-state index is 0.275. The topological polar surface area (TPSA) is 44.8 Å². The summed E-state index contributed by atoms with van der Waals surface area (Å²) in [6.07, 6.45) is 4.77. The number of benzene rings is 1. The predicted octanol–water partition coefficient (Wildman–Crippen LogP) is 3.30. The molecular weight excluding hydrogens is 280 g/mol. The first-order valence-corrected chi connectivity index (χ1v) is 8.27. The molecule has 122 valence electrons. The number of esters is 1. The van der Waals surface area contributed by atoms with Gasteiger partial charge >= 0.3 is 5.97 Å². The van der Waals surface area contributed by atoms with E-state index in [4.69, 9.17) is 14.2 Å². The second kappa shape index (κ2) is 8.79. The van der Waals surface area contributed by atoms with Crippen molar-refractivity contribution in [2.24, 2.45) is 0 Å². The molecule has 0 N–H and O–H groups in total.